The zero-order chi connectivity index (χ0) is 19.7. The molecular weight excluding hydrogens is 382 g/mol. The molecule has 0 aliphatic carbocycles. The predicted octanol–water partition coefficient (Wildman–Crippen LogP) is 4.80. The SMILES string of the molecule is CC(=O)N/C=C/c1ccc(OCCCCl)cc1.SCCOc1ccccc1. The summed E-state index contributed by atoms with van der Waals surface area (Å²) in [6.07, 6.45) is 4.28. The molecule has 1 amide bonds. The molecule has 0 aliphatic heterocycles. The number of hydrogen-bond donors (Lipinski definition) is 2. The molecule has 2 aromatic rings. The van der Waals surface area contributed by atoms with Gasteiger partial charge in [0.1, 0.15) is 11.5 Å². The van der Waals surface area contributed by atoms with Gasteiger partial charge in [0.05, 0.1) is 13.2 Å². The van der Waals surface area contributed by atoms with Gasteiger partial charge in [0, 0.05) is 24.8 Å². The van der Waals surface area contributed by atoms with E-state index in [4.69, 9.17) is 21.1 Å². The number of nitrogens with one attached hydrogen (secondary N) is 1. The molecule has 6 heteroatoms. The summed E-state index contributed by atoms with van der Waals surface area (Å²) >= 11 is 9.58. The van der Waals surface area contributed by atoms with Crippen molar-refractivity contribution in [2.75, 3.05) is 24.8 Å². The van der Waals surface area contributed by atoms with Crippen molar-refractivity contribution >= 4 is 36.2 Å². The van der Waals surface area contributed by atoms with Gasteiger partial charge in [-0.25, -0.2) is 0 Å². The lowest BCUT2D eigenvalue weighted by atomic mass is 10.2. The van der Waals surface area contributed by atoms with E-state index in [0.717, 1.165) is 29.2 Å². The third-order valence-corrected chi connectivity index (χ3v) is 3.54. The highest BCUT2D eigenvalue weighted by Gasteiger charge is 1.93. The largest absolute Gasteiger partial charge is 0.494 e. The van der Waals surface area contributed by atoms with Crippen LogP contribution in [0.3, 0.4) is 0 Å². The van der Waals surface area contributed by atoms with Crippen molar-refractivity contribution in [1.82, 2.24) is 5.32 Å². The molecule has 0 aliphatic rings. The maximum Gasteiger partial charge on any atom is 0.220 e. The van der Waals surface area contributed by atoms with Gasteiger partial charge >= 0.3 is 0 Å². The van der Waals surface area contributed by atoms with Crippen molar-refractivity contribution in [3.8, 4) is 11.5 Å². The van der Waals surface area contributed by atoms with Crippen LogP contribution in [0, 0.1) is 0 Å². The van der Waals surface area contributed by atoms with Crippen molar-refractivity contribution in [3.63, 3.8) is 0 Å². The number of ether oxygens (including phenoxy) is 2. The molecule has 27 heavy (non-hydrogen) atoms. The molecule has 2 rings (SSSR count). The van der Waals surface area contributed by atoms with E-state index in [-0.39, 0.29) is 5.91 Å². The van der Waals surface area contributed by atoms with Crippen molar-refractivity contribution < 1.29 is 14.3 Å². The lowest BCUT2D eigenvalue weighted by Crippen LogP contribution is -2.10. The zero-order valence-corrected chi connectivity index (χ0v) is 17.1. The minimum atomic E-state index is -0.0812. The number of alkyl halides is 1. The summed E-state index contributed by atoms with van der Waals surface area (Å²) in [5.41, 5.74) is 1.00. The summed E-state index contributed by atoms with van der Waals surface area (Å²) in [4.78, 5) is 10.6. The first-order valence-electron chi connectivity index (χ1n) is 8.67. The molecule has 0 atom stereocenters. The van der Waals surface area contributed by atoms with Gasteiger partial charge in [0.25, 0.3) is 0 Å². The maximum absolute atomic E-state index is 10.6. The van der Waals surface area contributed by atoms with E-state index in [1.807, 2.05) is 60.7 Å². The van der Waals surface area contributed by atoms with Crippen LogP contribution in [-0.4, -0.2) is 30.8 Å². The van der Waals surface area contributed by atoms with Gasteiger partial charge in [-0.15, -0.1) is 11.6 Å². The number of rotatable bonds is 9. The number of halogens is 1. The average molecular weight is 408 g/mol. The number of carbonyl (C=O) groups is 1. The maximum atomic E-state index is 10.6. The minimum Gasteiger partial charge on any atom is -0.494 e. The van der Waals surface area contributed by atoms with Crippen molar-refractivity contribution in [2.24, 2.45) is 0 Å². The van der Waals surface area contributed by atoms with Crippen LogP contribution in [0.4, 0.5) is 0 Å². The van der Waals surface area contributed by atoms with Crippen LogP contribution in [0.25, 0.3) is 6.08 Å². The summed E-state index contributed by atoms with van der Waals surface area (Å²) in [6.45, 7) is 2.77. The van der Waals surface area contributed by atoms with Gasteiger partial charge in [-0.05, 0) is 42.3 Å². The zero-order valence-electron chi connectivity index (χ0n) is 15.4. The van der Waals surface area contributed by atoms with Gasteiger partial charge in [-0.2, -0.15) is 12.6 Å². The smallest absolute Gasteiger partial charge is 0.220 e. The van der Waals surface area contributed by atoms with E-state index < -0.39 is 0 Å². The Labute approximate surface area is 171 Å². The Morgan fingerprint density at radius 1 is 1.04 bits per heavy atom. The monoisotopic (exact) mass is 407 g/mol. The Morgan fingerprint density at radius 3 is 2.26 bits per heavy atom. The molecule has 0 aromatic heterocycles. The number of benzene rings is 2. The van der Waals surface area contributed by atoms with Crippen LogP contribution >= 0.6 is 24.2 Å². The number of amides is 1. The summed E-state index contributed by atoms with van der Waals surface area (Å²) in [6, 6.07) is 17.4. The Bertz CT molecular complexity index is 663. The predicted molar refractivity (Wildman–Crippen MR) is 116 cm³/mol. The fourth-order valence-corrected chi connectivity index (χ4v) is 2.06. The van der Waals surface area contributed by atoms with Crippen LogP contribution < -0.4 is 14.8 Å². The van der Waals surface area contributed by atoms with Crippen LogP contribution in [-0.2, 0) is 4.79 Å². The van der Waals surface area contributed by atoms with Gasteiger partial charge in [0.15, 0.2) is 0 Å². The van der Waals surface area contributed by atoms with Crippen molar-refractivity contribution in [1.29, 1.82) is 0 Å². The molecule has 1 N–H and O–H groups in total. The number of hydrogen-bond acceptors (Lipinski definition) is 4. The fourth-order valence-electron chi connectivity index (χ4n) is 1.86. The topological polar surface area (TPSA) is 47.6 Å². The minimum absolute atomic E-state index is 0.0812. The third kappa shape index (κ3) is 12.0. The molecule has 0 unspecified atom stereocenters. The van der Waals surface area contributed by atoms with E-state index in [1.54, 1.807) is 6.20 Å². The summed E-state index contributed by atoms with van der Waals surface area (Å²) < 4.78 is 10.7. The van der Waals surface area contributed by atoms with Crippen molar-refractivity contribution in [2.45, 2.75) is 13.3 Å². The highest BCUT2D eigenvalue weighted by Crippen LogP contribution is 2.13. The van der Waals surface area contributed by atoms with E-state index >= 15 is 0 Å². The van der Waals surface area contributed by atoms with Crippen LogP contribution in [0.1, 0.15) is 18.9 Å². The molecule has 2 aromatic carbocycles. The summed E-state index contributed by atoms with van der Waals surface area (Å²) in [7, 11) is 0. The van der Waals surface area contributed by atoms with Crippen LogP contribution in [0.15, 0.2) is 60.8 Å². The Kier molecular flexibility index (Phi) is 12.7. The molecule has 146 valence electrons. The molecule has 0 heterocycles. The quantitative estimate of drug-likeness (QED) is 0.356. The first kappa shape index (κ1) is 22.9. The molecule has 0 spiro atoms. The lowest BCUT2D eigenvalue weighted by molar-refractivity contribution is -0.118. The van der Waals surface area contributed by atoms with Gasteiger partial charge < -0.3 is 14.8 Å². The third-order valence-electron chi connectivity index (χ3n) is 3.09. The number of carbonyl (C=O) groups excluding carboxylic acids is 1. The van der Waals surface area contributed by atoms with E-state index in [2.05, 4.69) is 17.9 Å². The standard InChI is InChI=1S/C13H16ClNO2.C8H10OS/c1-11(16)15-9-7-12-3-5-13(6-4-12)17-10-2-8-14;10-7-6-9-8-4-2-1-3-5-8/h3-7,9H,2,8,10H2,1H3,(H,15,16);1-5,10H,6-7H2/b9-7+;. The summed E-state index contributed by atoms with van der Waals surface area (Å²) in [5, 5.41) is 2.59. The second-order valence-corrected chi connectivity index (χ2v) is 6.20. The fraction of sp³-hybridized carbons (Fsp3) is 0.286. The Balaban J connectivity index is 0.000000309. The van der Waals surface area contributed by atoms with Crippen LogP contribution in [0.5, 0.6) is 11.5 Å². The summed E-state index contributed by atoms with van der Waals surface area (Å²) in [5.74, 6) is 3.03. The van der Waals surface area contributed by atoms with E-state index in [9.17, 15) is 4.79 Å². The van der Waals surface area contributed by atoms with Crippen LogP contribution in [0.2, 0.25) is 0 Å². The molecular formula is C21H26ClNO3S. The highest BCUT2D eigenvalue weighted by molar-refractivity contribution is 7.80. The second kappa shape index (κ2) is 15.0. The Hall–Kier alpha value is -2.11. The molecule has 0 saturated carbocycles. The first-order valence-corrected chi connectivity index (χ1v) is 9.83. The van der Waals surface area contributed by atoms with E-state index in [0.29, 0.717) is 19.1 Å². The number of para-hydroxylation sites is 1. The highest BCUT2D eigenvalue weighted by atomic mass is 35.5. The molecule has 4 nitrogen and oxygen atoms in total. The first-order chi connectivity index (χ1) is 13.2. The lowest BCUT2D eigenvalue weighted by Gasteiger charge is -2.04. The van der Waals surface area contributed by atoms with Crippen molar-refractivity contribution in [3.05, 3.63) is 66.4 Å². The number of thiol groups is 1. The molecule has 0 bridgehead atoms. The second-order valence-electron chi connectivity index (χ2n) is 5.38. The Morgan fingerprint density at radius 2 is 1.67 bits per heavy atom. The molecule has 0 radical (unpaired) electrons. The average Bonchev–Trinajstić information content (AvgIpc) is 2.69. The van der Waals surface area contributed by atoms with E-state index in [1.165, 1.54) is 6.92 Å². The van der Waals surface area contributed by atoms with Gasteiger partial charge in [-0.1, -0.05) is 30.3 Å². The van der Waals surface area contributed by atoms with Gasteiger partial charge in [-0.3, -0.25) is 4.79 Å². The van der Waals surface area contributed by atoms with Gasteiger partial charge in [0.2, 0.25) is 5.91 Å². The molecule has 0 saturated heterocycles. The normalized spacial score (nSPS) is 10.0. The molecule has 0 fully saturated rings.